The molecule has 1 aromatic carbocycles. The predicted molar refractivity (Wildman–Crippen MR) is 89.4 cm³/mol. The van der Waals surface area contributed by atoms with Crippen molar-refractivity contribution in [1.82, 2.24) is 0 Å². The highest BCUT2D eigenvalue weighted by Crippen LogP contribution is 2.42. The summed E-state index contributed by atoms with van der Waals surface area (Å²) in [6.45, 7) is 4.18. The third kappa shape index (κ3) is 3.36. The number of benzene rings is 1. The Bertz CT molecular complexity index is 687. The third-order valence-electron chi connectivity index (χ3n) is 4.54. The Labute approximate surface area is 146 Å². The molecule has 6 nitrogen and oxygen atoms in total. The Hall–Kier alpha value is -1.70. The summed E-state index contributed by atoms with van der Waals surface area (Å²) in [7, 11) is 0. The van der Waals surface area contributed by atoms with E-state index < -0.39 is 24.2 Å². The lowest BCUT2D eigenvalue weighted by Crippen LogP contribution is -2.42. The van der Waals surface area contributed by atoms with Gasteiger partial charge in [0.15, 0.2) is 12.1 Å². The smallest absolute Gasteiger partial charge is 0.190 e. The number of furan rings is 1. The molecule has 2 aliphatic rings. The van der Waals surface area contributed by atoms with Crippen LogP contribution in [0.4, 0.5) is 0 Å². The zero-order valence-corrected chi connectivity index (χ0v) is 14.3. The lowest BCUT2D eigenvalue weighted by Gasteiger charge is -2.28. The van der Waals surface area contributed by atoms with Gasteiger partial charge in [-0.1, -0.05) is 30.3 Å². The van der Waals surface area contributed by atoms with Crippen molar-refractivity contribution in [3.05, 3.63) is 60.1 Å². The first kappa shape index (κ1) is 16.8. The molecule has 2 fully saturated rings. The van der Waals surface area contributed by atoms with Gasteiger partial charge in [-0.25, -0.2) is 0 Å². The van der Waals surface area contributed by atoms with E-state index in [1.807, 2.05) is 50.2 Å². The van der Waals surface area contributed by atoms with Crippen LogP contribution in [0.15, 0.2) is 53.1 Å². The molecule has 0 unspecified atom stereocenters. The van der Waals surface area contributed by atoms with E-state index in [2.05, 4.69) is 0 Å². The molecule has 1 aromatic heterocycles. The third-order valence-corrected chi connectivity index (χ3v) is 4.54. The highest BCUT2D eigenvalue weighted by molar-refractivity contribution is 5.14. The van der Waals surface area contributed by atoms with Gasteiger partial charge in [0.2, 0.25) is 0 Å². The zero-order valence-electron chi connectivity index (χ0n) is 14.3. The van der Waals surface area contributed by atoms with Crippen molar-refractivity contribution < 1.29 is 23.4 Å². The Morgan fingerprint density at radius 2 is 1.92 bits per heavy atom. The Balaban J connectivity index is 1.53. The molecule has 0 spiro atoms. The van der Waals surface area contributed by atoms with E-state index in [4.69, 9.17) is 29.1 Å². The van der Waals surface area contributed by atoms with Crippen LogP contribution in [0, 0.1) is 0 Å². The highest BCUT2D eigenvalue weighted by atomic mass is 16.8. The molecule has 2 N–H and O–H groups in total. The van der Waals surface area contributed by atoms with Crippen molar-refractivity contribution in [2.45, 2.75) is 56.9 Å². The van der Waals surface area contributed by atoms with Gasteiger partial charge in [-0.2, -0.15) is 0 Å². The fourth-order valence-corrected chi connectivity index (χ4v) is 3.39. The van der Waals surface area contributed by atoms with E-state index in [1.165, 1.54) is 0 Å². The van der Waals surface area contributed by atoms with Crippen LogP contribution in [0.25, 0.3) is 0 Å². The summed E-state index contributed by atoms with van der Waals surface area (Å²) in [6.07, 6.45) is 0.000497. The summed E-state index contributed by atoms with van der Waals surface area (Å²) < 4.78 is 29.5. The maximum atomic E-state index is 6.37. The second-order valence-corrected chi connectivity index (χ2v) is 6.87. The number of hydrogen-bond acceptors (Lipinski definition) is 6. The minimum absolute atomic E-state index is 0.329. The van der Waals surface area contributed by atoms with Crippen LogP contribution < -0.4 is 5.73 Å². The number of rotatable bonds is 5. The molecular weight excluding hydrogens is 322 g/mol. The van der Waals surface area contributed by atoms with E-state index in [1.54, 1.807) is 12.3 Å². The largest absolute Gasteiger partial charge is 0.468 e. The van der Waals surface area contributed by atoms with Crippen LogP contribution >= 0.6 is 0 Å². The molecule has 5 atom stereocenters. The zero-order chi connectivity index (χ0) is 17.4. The minimum atomic E-state index is -0.705. The predicted octanol–water partition coefficient (Wildman–Crippen LogP) is 2.74. The molecule has 2 aliphatic heterocycles. The maximum Gasteiger partial charge on any atom is 0.190 e. The maximum absolute atomic E-state index is 6.37. The standard InChI is InChI=1S/C19H23NO5/c1-19(2)24-17-16(22-11-12-7-4-3-5-8-12)15(23-18(17)25-19)14(20)13-9-6-10-21-13/h3-10,14-18H,11,20H2,1-2H3/t14-,15-,16+,17-,18-/m1/s1. The summed E-state index contributed by atoms with van der Waals surface area (Å²) in [5.74, 6) is -0.0544. The quantitative estimate of drug-likeness (QED) is 0.898. The van der Waals surface area contributed by atoms with E-state index in [9.17, 15) is 0 Å². The van der Waals surface area contributed by atoms with Gasteiger partial charge in [0.1, 0.15) is 24.1 Å². The fraction of sp³-hybridized carbons (Fsp3) is 0.474. The first-order valence-electron chi connectivity index (χ1n) is 8.49. The summed E-state index contributed by atoms with van der Waals surface area (Å²) in [5.41, 5.74) is 7.44. The molecule has 134 valence electrons. The number of hydrogen-bond donors (Lipinski definition) is 1. The molecule has 0 bridgehead atoms. The van der Waals surface area contributed by atoms with E-state index in [0.29, 0.717) is 12.4 Å². The van der Waals surface area contributed by atoms with Gasteiger partial charge in [-0.15, -0.1) is 0 Å². The van der Waals surface area contributed by atoms with Crippen molar-refractivity contribution in [1.29, 1.82) is 0 Å². The Morgan fingerprint density at radius 3 is 2.64 bits per heavy atom. The molecule has 0 saturated carbocycles. The number of ether oxygens (including phenoxy) is 4. The van der Waals surface area contributed by atoms with Gasteiger partial charge >= 0.3 is 0 Å². The molecule has 25 heavy (non-hydrogen) atoms. The van der Waals surface area contributed by atoms with Crippen molar-refractivity contribution in [3.8, 4) is 0 Å². The lowest BCUT2D eigenvalue weighted by atomic mass is 10.0. The monoisotopic (exact) mass is 345 g/mol. The minimum Gasteiger partial charge on any atom is -0.468 e. The Morgan fingerprint density at radius 1 is 1.12 bits per heavy atom. The van der Waals surface area contributed by atoms with Gasteiger partial charge in [-0.05, 0) is 31.5 Å². The average molecular weight is 345 g/mol. The molecule has 0 aliphatic carbocycles. The molecule has 4 rings (SSSR count). The van der Waals surface area contributed by atoms with Gasteiger partial charge in [-0.3, -0.25) is 0 Å². The molecule has 3 heterocycles. The lowest BCUT2D eigenvalue weighted by molar-refractivity contribution is -0.222. The second-order valence-electron chi connectivity index (χ2n) is 6.87. The van der Waals surface area contributed by atoms with E-state index in [-0.39, 0.29) is 12.2 Å². The van der Waals surface area contributed by atoms with Crippen LogP contribution in [-0.2, 0) is 25.6 Å². The van der Waals surface area contributed by atoms with Gasteiger partial charge in [0, 0.05) is 0 Å². The van der Waals surface area contributed by atoms with E-state index in [0.717, 1.165) is 5.56 Å². The first-order valence-corrected chi connectivity index (χ1v) is 8.49. The van der Waals surface area contributed by atoms with E-state index >= 15 is 0 Å². The van der Waals surface area contributed by atoms with Crippen molar-refractivity contribution in [2.75, 3.05) is 0 Å². The van der Waals surface area contributed by atoms with Gasteiger partial charge in [0.25, 0.3) is 0 Å². The van der Waals surface area contributed by atoms with Crippen LogP contribution in [0.2, 0.25) is 0 Å². The van der Waals surface area contributed by atoms with Gasteiger partial charge in [0.05, 0.1) is 18.9 Å². The normalized spacial score (nSPS) is 31.8. The molecule has 2 aromatic rings. The molecule has 0 radical (unpaired) electrons. The number of nitrogens with two attached hydrogens (primary N) is 1. The SMILES string of the molecule is CC1(C)O[C@H]2O[C@H]([C@H](N)c3ccco3)[C@H](OCc3ccccc3)[C@H]2O1. The average Bonchev–Trinajstić information content (AvgIpc) is 3.28. The van der Waals surface area contributed by atoms with Crippen LogP contribution in [-0.4, -0.2) is 30.4 Å². The molecule has 6 heteroatoms. The molecule has 2 saturated heterocycles. The molecular formula is C19H23NO5. The van der Waals surface area contributed by atoms with Crippen molar-refractivity contribution in [3.63, 3.8) is 0 Å². The van der Waals surface area contributed by atoms with Crippen molar-refractivity contribution >= 4 is 0 Å². The van der Waals surface area contributed by atoms with Gasteiger partial charge < -0.3 is 29.1 Å². The second kappa shape index (κ2) is 6.55. The summed E-state index contributed by atoms with van der Waals surface area (Å²) in [5, 5.41) is 0. The fourth-order valence-electron chi connectivity index (χ4n) is 3.39. The first-order chi connectivity index (χ1) is 12.0. The topological polar surface area (TPSA) is 76.1 Å². The summed E-state index contributed by atoms with van der Waals surface area (Å²) in [6, 6.07) is 13.2. The highest BCUT2D eigenvalue weighted by Gasteiger charge is 2.57. The van der Waals surface area contributed by atoms with Crippen LogP contribution in [0.5, 0.6) is 0 Å². The summed E-state index contributed by atoms with van der Waals surface area (Å²) >= 11 is 0. The Kier molecular flexibility index (Phi) is 4.39. The number of fused-ring (bicyclic) bond motifs is 1. The van der Waals surface area contributed by atoms with Crippen LogP contribution in [0.3, 0.4) is 0 Å². The van der Waals surface area contributed by atoms with Crippen LogP contribution in [0.1, 0.15) is 31.2 Å². The molecule has 0 amide bonds. The van der Waals surface area contributed by atoms with Crippen molar-refractivity contribution in [2.24, 2.45) is 5.73 Å². The summed E-state index contributed by atoms with van der Waals surface area (Å²) in [4.78, 5) is 0.